The lowest BCUT2D eigenvalue weighted by molar-refractivity contribution is 0.180. The molecule has 1 heterocycles. The van der Waals surface area contributed by atoms with Crippen molar-refractivity contribution in [3.63, 3.8) is 0 Å². The molecule has 1 aliphatic heterocycles. The number of aliphatic imine (C=N–C) groups is 1. The van der Waals surface area contributed by atoms with Gasteiger partial charge in [-0.15, -0.1) is 0 Å². The van der Waals surface area contributed by atoms with Gasteiger partial charge in [-0.2, -0.15) is 0 Å². The van der Waals surface area contributed by atoms with Crippen LogP contribution in [0.4, 0.5) is 0 Å². The summed E-state index contributed by atoms with van der Waals surface area (Å²) in [5.74, 6) is 0. The normalized spacial score (nSPS) is 28.7. The number of hydrogen-bond acceptors (Lipinski definition) is 3. The monoisotopic (exact) mass is 188 g/mol. The highest BCUT2D eigenvalue weighted by molar-refractivity contribution is 5.74. The maximum absolute atomic E-state index is 5.58. The van der Waals surface area contributed by atoms with Crippen LogP contribution in [-0.2, 0) is 11.2 Å². The average Bonchev–Trinajstić information content (AvgIpc) is 2.59. The van der Waals surface area contributed by atoms with E-state index >= 15 is 0 Å². The van der Waals surface area contributed by atoms with E-state index in [4.69, 9.17) is 10.5 Å². The standard InChI is InChI=1S/C11H12N2O/c12-11-13-9-6-5-7-3-1-2-4-8(7)10(9)14-11/h1-4,9-10H,5-6H2,(H2,12,13). The van der Waals surface area contributed by atoms with Crippen molar-refractivity contribution in [1.82, 2.24) is 0 Å². The van der Waals surface area contributed by atoms with Crippen molar-refractivity contribution in [3.05, 3.63) is 35.4 Å². The van der Waals surface area contributed by atoms with Crippen molar-refractivity contribution in [2.45, 2.75) is 25.0 Å². The largest absolute Gasteiger partial charge is 0.455 e. The van der Waals surface area contributed by atoms with Gasteiger partial charge in [0.15, 0.2) is 0 Å². The summed E-state index contributed by atoms with van der Waals surface area (Å²) in [5.41, 5.74) is 8.21. The van der Waals surface area contributed by atoms with Crippen molar-refractivity contribution < 1.29 is 4.74 Å². The highest BCUT2D eigenvalue weighted by Crippen LogP contribution is 2.37. The Morgan fingerprint density at radius 3 is 3.14 bits per heavy atom. The molecule has 2 atom stereocenters. The van der Waals surface area contributed by atoms with Crippen LogP contribution in [0.1, 0.15) is 23.7 Å². The van der Waals surface area contributed by atoms with Gasteiger partial charge < -0.3 is 10.5 Å². The van der Waals surface area contributed by atoms with E-state index in [0.29, 0.717) is 6.02 Å². The summed E-state index contributed by atoms with van der Waals surface area (Å²) >= 11 is 0. The molecule has 72 valence electrons. The number of benzene rings is 1. The lowest BCUT2D eigenvalue weighted by atomic mass is 9.86. The van der Waals surface area contributed by atoms with E-state index in [0.717, 1.165) is 12.8 Å². The third-order valence-corrected chi connectivity index (χ3v) is 2.96. The first kappa shape index (κ1) is 7.85. The molecule has 2 N–H and O–H groups in total. The van der Waals surface area contributed by atoms with Crippen LogP contribution in [0.25, 0.3) is 0 Å². The Labute approximate surface area is 82.6 Å². The van der Waals surface area contributed by atoms with Gasteiger partial charge in [-0.3, -0.25) is 0 Å². The molecule has 2 unspecified atom stereocenters. The molecule has 0 bridgehead atoms. The molecule has 3 heteroatoms. The molecular weight excluding hydrogens is 176 g/mol. The maximum atomic E-state index is 5.58. The fourth-order valence-electron chi connectivity index (χ4n) is 2.30. The lowest BCUT2D eigenvalue weighted by Gasteiger charge is -2.25. The Bertz CT molecular complexity index is 400. The molecule has 3 nitrogen and oxygen atoms in total. The zero-order valence-corrected chi connectivity index (χ0v) is 7.81. The van der Waals surface area contributed by atoms with E-state index in [1.165, 1.54) is 11.1 Å². The summed E-state index contributed by atoms with van der Waals surface area (Å²) in [5, 5.41) is 0. The van der Waals surface area contributed by atoms with E-state index in [9.17, 15) is 0 Å². The average molecular weight is 188 g/mol. The van der Waals surface area contributed by atoms with Crippen LogP contribution < -0.4 is 5.73 Å². The molecule has 3 rings (SSSR count). The molecule has 0 aromatic heterocycles. The molecule has 1 aliphatic carbocycles. The molecule has 0 saturated heterocycles. The first-order valence-electron chi connectivity index (χ1n) is 4.92. The van der Waals surface area contributed by atoms with Gasteiger partial charge in [-0.1, -0.05) is 24.3 Å². The van der Waals surface area contributed by atoms with Gasteiger partial charge in [-0.05, 0) is 24.0 Å². The Balaban J connectivity index is 2.04. The van der Waals surface area contributed by atoms with Crippen LogP contribution in [0.2, 0.25) is 0 Å². The number of nitrogens with zero attached hydrogens (tertiary/aromatic N) is 1. The molecule has 1 aromatic carbocycles. The summed E-state index contributed by atoms with van der Waals surface area (Å²) in [6.07, 6.45) is 2.19. The molecule has 1 aromatic rings. The SMILES string of the molecule is NC1=NC2CCc3ccccc3C2O1. The third kappa shape index (κ3) is 1.02. The van der Waals surface area contributed by atoms with Crippen LogP contribution in [-0.4, -0.2) is 12.1 Å². The third-order valence-electron chi connectivity index (χ3n) is 2.96. The van der Waals surface area contributed by atoms with E-state index in [1.807, 2.05) is 6.07 Å². The van der Waals surface area contributed by atoms with Gasteiger partial charge >= 0.3 is 0 Å². The predicted octanol–water partition coefficient (Wildman–Crippen LogP) is 1.39. The molecule has 0 saturated carbocycles. The van der Waals surface area contributed by atoms with Crippen LogP contribution in [0.3, 0.4) is 0 Å². The Morgan fingerprint density at radius 2 is 2.21 bits per heavy atom. The van der Waals surface area contributed by atoms with E-state index in [-0.39, 0.29) is 12.1 Å². The number of hydrogen-bond donors (Lipinski definition) is 1. The van der Waals surface area contributed by atoms with Gasteiger partial charge in [0.25, 0.3) is 6.02 Å². The van der Waals surface area contributed by atoms with E-state index in [2.05, 4.69) is 23.2 Å². The second kappa shape index (κ2) is 2.74. The molecule has 0 spiro atoms. The quantitative estimate of drug-likeness (QED) is 0.668. The minimum absolute atomic E-state index is 0.0694. The summed E-state index contributed by atoms with van der Waals surface area (Å²) in [7, 11) is 0. The number of aryl methyl sites for hydroxylation is 1. The van der Waals surface area contributed by atoms with Gasteiger partial charge in [0.2, 0.25) is 0 Å². The van der Waals surface area contributed by atoms with Crippen molar-refractivity contribution in [1.29, 1.82) is 0 Å². The highest BCUT2D eigenvalue weighted by Gasteiger charge is 2.35. The number of fused-ring (bicyclic) bond motifs is 3. The van der Waals surface area contributed by atoms with Gasteiger partial charge in [0, 0.05) is 0 Å². The molecule has 14 heavy (non-hydrogen) atoms. The second-order valence-electron chi connectivity index (χ2n) is 3.81. The van der Waals surface area contributed by atoms with E-state index < -0.39 is 0 Å². The minimum Gasteiger partial charge on any atom is -0.455 e. The summed E-state index contributed by atoms with van der Waals surface area (Å²) < 4.78 is 5.52. The van der Waals surface area contributed by atoms with Crippen LogP contribution in [0.5, 0.6) is 0 Å². The predicted molar refractivity (Wildman–Crippen MR) is 54.0 cm³/mol. The second-order valence-corrected chi connectivity index (χ2v) is 3.81. The number of ether oxygens (including phenoxy) is 1. The highest BCUT2D eigenvalue weighted by atomic mass is 16.5. The summed E-state index contributed by atoms with van der Waals surface area (Å²) in [6, 6.07) is 8.96. The maximum Gasteiger partial charge on any atom is 0.283 e. The lowest BCUT2D eigenvalue weighted by Crippen LogP contribution is -2.22. The zero-order chi connectivity index (χ0) is 9.54. The number of amidine groups is 1. The van der Waals surface area contributed by atoms with Crippen molar-refractivity contribution >= 4 is 6.02 Å². The molecule has 0 amide bonds. The van der Waals surface area contributed by atoms with Gasteiger partial charge in [0.1, 0.15) is 6.10 Å². The van der Waals surface area contributed by atoms with Crippen LogP contribution in [0.15, 0.2) is 29.3 Å². The fourth-order valence-corrected chi connectivity index (χ4v) is 2.30. The Kier molecular flexibility index (Phi) is 1.54. The number of nitrogens with two attached hydrogens (primary N) is 1. The molecular formula is C11H12N2O. The van der Waals surface area contributed by atoms with Crippen molar-refractivity contribution in [3.8, 4) is 0 Å². The van der Waals surface area contributed by atoms with Crippen LogP contribution >= 0.6 is 0 Å². The summed E-state index contributed by atoms with van der Waals surface area (Å²) in [4.78, 5) is 4.28. The van der Waals surface area contributed by atoms with Crippen LogP contribution in [0, 0.1) is 0 Å². The first-order valence-corrected chi connectivity index (χ1v) is 4.92. The topological polar surface area (TPSA) is 47.6 Å². The Hall–Kier alpha value is -1.51. The fraction of sp³-hybridized carbons (Fsp3) is 0.364. The van der Waals surface area contributed by atoms with Gasteiger partial charge in [-0.25, -0.2) is 4.99 Å². The Morgan fingerprint density at radius 1 is 1.36 bits per heavy atom. The molecule has 0 radical (unpaired) electrons. The minimum atomic E-state index is 0.0694. The molecule has 0 fully saturated rings. The van der Waals surface area contributed by atoms with Gasteiger partial charge in [0.05, 0.1) is 6.04 Å². The number of rotatable bonds is 0. The smallest absolute Gasteiger partial charge is 0.283 e. The molecule has 2 aliphatic rings. The zero-order valence-electron chi connectivity index (χ0n) is 7.81. The summed E-state index contributed by atoms with van der Waals surface area (Å²) in [6.45, 7) is 0. The van der Waals surface area contributed by atoms with Crippen molar-refractivity contribution in [2.75, 3.05) is 0 Å². The van der Waals surface area contributed by atoms with Crippen molar-refractivity contribution in [2.24, 2.45) is 10.7 Å². The first-order chi connectivity index (χ1) is 6.84. The van der Waals surface area contributed by atoms with E-state index in [1.54, 1.807) is 0 Å².